The molecule has 2 heterocycles. The Morgan fingerprint density at radius 2 is 2.08 bits per heavy atom. The van der Waals surface area contributed by atoms with Crippen LogP contribution in [0.3, 0.4) is 0 Å². The molecule has 0 aliphatic carbocycles. The highest BCUT2D eigenvalue weighted by Crippen LogP contribution is 2.31. The fraction of sp³-hybridized carbons (Fsp3) is 0.250. The molecule has 0 saturated carbocycles. The second-order valence-electron chi connectivity index (χ2n) is 6.09. The first kappa shape index (κ1) is 17.0. The molecule has 26 heavy (non-hydrogen) atoms. The average Bonchev–Trinajstić information content (AvgIpc) is 3.05. The third-order valence-corrected chi connectivity index (χ3v) is 5.29. The van der Waals surface area contributed by atoms with Gasteiger partial charge in [0.15, 0.2) is 0 Å². The van der Waals surface area contributed by atoms with E-state index in [9.17, 15) is 9.90 Å². The molecule has 2 N–H and O–H groups in total. The van der Waals surface area contributed by atoms with E-state index in [0.29, 0.717) is 33.6 Å². The van der Waals surface area contributed by atoms with E-state index in [-0.39, 0.29) is 12.2 Å². The van der Waals surface area contributed by atoms with Crippen molar-refractivity contribution in [3.63, 3.8) is 0 Å². The molecule has 0 amide bonds. The number of furan rings is 1. The van der Waals surface area contributed by atoms with Gasteiger partial charge in [0.2, 0.25) is 0 Å². The third-order valence-electron chi connectivity index (χ3n) is 4.26. The van der Waals surface area contributed by atoms with Crippen LogP contribution < -0.4 is 10.3 Å². The predicted molar refractivity (Wildman–Crippen MR) is 106 cm³/mol. The van der Waals surface area contributed by atoms with Crippen LogP contribution in [0.15, 0.2) is 51.7 Å². The molecule has 4 aromatic rings. The molecule has 2 aromatic heterocycles. The number of H-pyrrole nitrogens is 1. The summed E-state index contributed by atoms with van der Waals surface area (Å²) >= 11 is 1.67. The first-order valence-electron chi connectivity index (χ1n) is 8.53. The van der Waals surface area contributed by atoms with Crippen LogP contribution in [0.25, 0.3) is 32.8 Å². The molecule has 0 aliphatic heterocycles. The summed E-state index contributed by atoms with van der Waals surface area (Å²) in [5.74, 6) is 2.20. The van der Waals surface area contributed by atoms with Crippen molar-refractivity contribution in [2.75, 3.05) is 18.1 Å². The number of hydrogen-bond acceptors (Lipinski definition) is 5. The molecule has 1 atom stereocenters. The fourth-order valence-corrected chi connectivity index (χ4v) is 3.66. The summed E-state index contributed by atoms with van der Waals surface area (Å²) in [5, 5.41) is 12.1. The number of nitrogens with one attached hydrogen (secondary N) is 1. The van der Waals surface area contributed by atoms with Crippen molar-refractivity contribution in [1.29, 1.82) is 0 Å². The number of benzene rings is 2. The Morgan fingerprint density at radius 3 is 2.92 bits per heavy atom. The molecule has 6 heteroatoms. The van der Waals surface area contributed by atoms with E-state index in [1.54, 1.807) is 17.8 Å². The summed E-state index contributed by atoms with van der Waals surface area (Å²) < 4.78 is 11.6. The van der Waals surface area contributed by atoms with Gasteiger partial charge in [0, 0.05) is 22.6 Å². The minimum Gasteiger partial charge on any atom is -0.491 e. The first-order valence-corrected chi connectivity index (χ1v) is 9.68. The lowest BCUT2D eigenvalue weighted by atomic mass is 10.1. The number of para-hydroxylation sites is 1. The van der Waals surface area contributed by atoms with Crippen LogP contribution in [-0.4, -0.2) is 34.3 Å². The Kier molecular flexibility index (Phi) is 4.61. The molecule has 134 valence electrons. The maximum Gasteiger partial charge on any atom is 0.260 e. The Balaban J connectivity index is 1.72. The third kappa shape index (κ3) is 3.06. The zero-order valence-corrected chi connectivity index (χ0v) is 15.1. The van der Waals surface area contributed by atoms with Crippen molar-refractivity contribution in [1.82, 2.24) is 4.98 Å². The second-order valence-corrected chi connectivity index (χ2v) is 7.41. The molecule has 0 bridgehead atoms. The fourth-order valence-electron chi connectivity index (χ4n) is 3.05. The largest absolute Gasteiger partial charge is 0.491 e. The normalized spacial score (nSPS) is 12.8. The van der Waals surface area contributed by atoms with E-state index >= 15 is 0 Å². The maximum atomic E-state index is 12.6. The van der Waals surface area contributed by atoms with Crippen LogP contribution in [0, 0.1) is 0 Å². The van der Waals surface area contributed by atoms with Crippen LogP contribution in [-0.2, 0) is 0 Å². The highest BCUT2D eigenvalue weighted by molar-refractivity contribution is 7.99. The Hall–Kier alpha value is -2.44. The molecule has 4 rings (SSSR count). The number of aromatic nitrogens is 1. The molecular weight excluding hydrogens is 350 g/mol. The molecule has 2 aromatic carbocycles. The van der Waals surface area contributed by atoms with Gasteiger partial charge in [-0.1, -0.05) is 25.1 Å². The van der Waals surface area contributed by atoms with E-state index < -0.39 is 6.10 Å². The monoisotopic (exact) mass is 369 g/mol. The summed E-state index contributed by atoms with van der Waals surface area (Å²) in [6.07, 6.45) is -0.521. The lowest BCUT2D eigenvalue weighted by Crippen LogP contribution is -2.20. The number of rotatable bonds is 6. The lowest BCUT2D eigenvalue weighted by molar-refractivity contribution is 0.126. The SMILES string of the molecule is CCSCC(O)COc1ccc2c(c1)[nH]c(=O)c1c3ccccc3oc21. The number of ether oxygens (including phenoxy) is 1. The molecule has 0 saturated heterocycles. The minimum atomic E-state index is -0.521. The van der Waals surface area contributed by atoms with Crippen molar-refractivity contribution in [3.8, 4) is 5.75 Å². The predicted octanol–water partition coefficient (Wildman–Crippen LogP) is 3.92. The highest BCUT2D eigenvalue weighted by atomic mass is 32.2. The number of aromatic amines is 1. The lowest BCUT2D eigenvalue weighted by Gasteiger charge is -2.12. The molecule has 1 unspecified atom stereocenters. The number of thioether (sulfide) groups is 1. The van der Waals surface area contributed by atoms with Crippen molar-refractivity contribution in [2.45, 2.75) is 13.0 Å². The van der Waals surface area contributed by atoms with Gasteiger partial charge in [-0.15, -0.1) is 0 Å². The number of pyridine rings is 1. The Bertz CT molecular complexity index is 1130. The van der Waals surface area contributed by atoms with Gasteiger partial charge in [0.1, 0.15) is 23.5 Å². The summed E-state index contributed by atoms with van der Waals surface area (Å²) in [5.41, 5.74) is 1.73. The highest BCUT2D eigenvalue weighted by Gasteiger charge is 2.14. The van der Waals surface area contributed by atoms with Gasteiger partial charge in [-0.05, 0) is 24.0 Å². The first-order chi connectivity index (χ1) is 12.7. The molecule has 5 nitrogen and oxygen atoms in total. The van der Waals surface area contributed by atoms with Crippen molar-refractivity contribution < 1.29 is 14.3 Å². The van der Waals surface area contributed by atoms with E-state index in [2.05, 4.69) is 11.9 Å². The Morgan fingerprint density at radius 1 is 1.23 bits per heavy atom. The van der Waals surface area contributed by atoms with Gasteiger partial charge in [-0.2, -0.15) is 11.8 Å². The standard InChI is InChI=1S/C20H19NO4S/c1-2-26-11-12(22)10-24-13-7-8-14-16(9-13)21-20(23)18-15-5-3-4-6-17(15)25-19(14)18/h3-9,12,22H,2,10-11H2,1H3,(H,21,23). The number of aliphatic hydroxyl groups is 1. The molecule has 0 aliphatic rings. The molecule has 0 fully saturated rings. The number of aliphatic hydroxyl groups excluding tert-OH is 1. The van der Waals surface area contributed by atoms with E-state index in [1.807, 2.05) is 36.4 Å². The molecular formula is C20H19NO4S. The summed E-state index contributed by atoms with van der Waals surface area (Å²) in [4.78, 5) is 15.5. The van der Waals surface area contributed by atoms with Crippen LogP contribution in [0.1, 0.15) is 6.92 Å². The molecule has 0 radical (unpaired) electrons. The topological polar surface area (TPSA) is 75.5 Å². The number of hydrogen-bond donors (Lipinski definition) is 2. The van der Waals surface area contributed by atoms with Gasteiger partial charge >= 0.3 is 0 Å². The van der Waals surface area contributed by atoms with Gasteiger partial charge in [-0.25, -0.2) is 0 Å². The van der Waals surface area contributed by atoms with Crippen LogP contribution >= 0.6 is 11.8 Å². The average molecular weight is 369 g/mol. The smallest absolute Gasteiger partial charge is 0.260 e. The van der Waals surface area contributed by atoms with Crippen LogP contribution in [0.2, 0.25) is 0 Å². The zero-order chi connectivity index (χ0) is 18.1. The van der Waals surface area contributed by atoms with Crippen molar-refractivity contribution in [2.24, 2.45) is 0 Å². The summed E-state index contributed by atoms with van der Waals surface area (Å²) in [6, 6.07) is 13.0. The number of fused-ring (bicyclic) bond motifs is 5. The van der Waals surface area contributed by atoms with Gasteiger partial charge in [0.05, 0.1) is 17.0 Å². The van der Waals surface area contributed by atoms with Crippen molar-refractivity contribution in [3.05, 3.63) is 52.8 Å². The summed E-state index contributed by atoms with van der Waals surface area (Å²) in [6.45, 7) is 2.27. The van der Waals surface area contributed by atoms with E-state index in [4.69, 9.17) is 9.15 Å². The maximum absolute atomic E-state index is 12.6. The van der Waals surface area contributed by atoms with E-state index in [1.165, 1.54) is 0 Å². The Labute approximate surface area is 154 Å². The summed E-state index contributed by atoms with van der Waals surface area (Å²) in [7, 11) is 0. The van der Waals surface area contributed by atoms with Gasteiger partial charge in [0.25, 0.3) is 5.56 Å². The second kappa shape index (κ2) is 7.05. The molecule has 0 spiro atoms. The zero-order valence-electron chi connectivity index (χ0n) is 14.3. The minimum absolute atomic E-state index is 0.186. The van der Waals surface area contributed by atoms with E-state index in [0.717, 1.165) is 16.5 Å². The quantitative estimate of drug-likeness (QED) is 0.539. The van der Waals surface area contributed by atoms with Crippen LogP contribution in [0.5, 0.6) is 5.75 Å². The van der Waals surface area contributed by atoms with Crippen LogP contribution in [0.4, 0.5) is 0 Å². The van der Waals surface area contributed by atoms with Gasteiger partial charge in [-0.3, -0.25) is 4.79 Å². The van der Waals surface area contributed by atoms with Crippen molar-refractivity contribution >= 4 is 44.6 Å². The van der Waals surface area contributed by atoms with Gasteiger partial charge < -0.3 is 19.2 Å².